The van der Waals surface area contributed by atoms with Gasteiger partial charge in [-0.3, -0.25) is 9.59 Å². The van der Waals surface area contributed by atoms with Gasteiger partial charge in [-0.15, -0.1) is 5.10 Å². The zero-order chi connectivity index (χ0) is 22.8. The fourth-order valence-electron chi connectivity index (χ4n) is 3.17. The molecule has 2 heterocycles. The van der Waals surface area contributed by atoms with Crippen LogP contribution >= 0.6 is 0 Å². The molecular formula is C23H20FN5O3. The van der Waals surface area contributed by atoms with Crippen molar-refractivity contribution in [1.82, 2.24) is 15.0 Å². The van der Waals surface area contributed by atoms with Crippen LogP contribution in [0.5, 0.6) is 0 Å². The highest BCUT2D eigenvalue weighted by Gasteiger charge is 2.19. The van der Waals surface area contributed by atoms with E-state index in [1.54, 1.807) is 18.5 Å². The van der Waals surface area contributed by atoms with Crippen LogP contribution in [0, 0.1) is 26.6 Å². The summed E-state index contributed by atoms with van der Waals surface area (Å²) in [5.41, 5.74) is 3.08. The standard InChI is InChI=1S/C23H20FN5O3/c1-13-4-7-17(8-5-13)29-14(2)21(27-28-29)23(31)25-16-6-9-19(24)20(12-16)26-22(30)18-10-11-32-15(18)3/h4-12H,1-3H3,(H,25,31)(H,26,30). The van der Waals surface area contributed by atoms with E-state index >= 15 is 0 Å². The van der Waals surface area contributed by atoms with E-state index in [2.05, 4.69) is 20.9 Å². The van der Waals surface area contributed by atoms with E-state index in [0.717, 1.165) is 17.3 Å². The molecule has 8 nitrogen and oxygen atoms in total. The van der Waals surface area contributed by atoms with E-state index in [1.165, 1.54) is 24.5 Å². The van der Waals surface area contributed by atoms with E-state index in [1.807, 2.05) is 31.2 Å². The number of nitrogens with zero attached hydrogens (tertiary/aromatic N) is 3. The number of anilines is 2. The third-order valence-corrected chi connectivity index (χ3v) is 4.96. The molecule has 0 spiro atoms. The van der Waals surface area contributed by atoms with Gasteiger partial charge in [-0.2, -0.15) is 0 Å². The Balaban J connectivity index is 1.53. The molecule has 0 saturated carbocycles. The Morgan fingerprint density at radius 1 is 0.969 bits per heavy atom. The number of carbonyl (C=O) groups is 2. The van der Waals surface area contributed by atoms with E-state index in [0.29, 0.717) is 22.7 Å². The summed E-state index contributed by atoms with van der Waals surface area (Å²) in [4.78, 5) is 25.1. The fourth-order valence-corrected chi connectivity index (χ4v) is 3.17. The number of benzene rings is 2. The number of halogens is 1. The summed E-state index contributed by atoms with van der Waals surface area (Å²) in [6.07, 6.45) is 1.38. The molecular weight excluding hydrogens is 413 g/mol. The zero-order valence-corrected chi connectivity index (χ0v) is 17.6. The van der Waals surface area contributed by atoms with Crippen LogP contribution in [0.4, 0.5) is 15.8 Å². The van der Waals surface area contributed by atoms with Crippen molar-refractivity contribution in [2.24, 2.45) is 0 Å². The predicted octanol–water partition coefficient (Wildman–Crippen LogP) is 4.43. The predicted molar refractivity (Wildman–Crippen MR) is 117 cm³/mol. The van der Waals surface area contributed by atoms with E-state index in [4.69, 9.17) is 4.42 Å². The Hall–Kier alpha value is -4.27. The van der Waals surface area contributed by atoms with Crippen LogP contribution in [0.25, 0.3) is 5.69 Å². The molecule has 4 aromatic rings. The molecule has 0 fully saturated rings. The second-order valence-corrected chi connectivity index (χ2v) is 7.26. The molecule has 9 heteroatoms. The van der Waals surface area contributed by atoms with Gasteiger partial charge in [0, 0.05) is 5.69 Å². The van der Waals surface area contributed by atoms with Crippen LogP contribution < -0.4 is 10.6 Å². The molecule has 0 unspecified atom stereocenters. The van der Waals surface area contributed by atoms with Crippen molar-refractivity contribution in [3.8, 4) is 5.69 Å². The molecule has 0 aliphatic rings. The van der Waals surface area contributed by atoms with Crippen LogP contribution in [0.3, 0.4) is 0 Å². The Morgan fingerprint density at radius 3 is 2.41 bits per heavy atom. The van der Waals surface area contributed by atoms with Crippen LogP contribution in [0.15, 0.2) is 59.2 Å². The van der Waals surface area contributed by atoms with Crippen LogP contribution in [0.2, 0.25) is 0 Å². The average Bonchev–Trinajstić information content (AvgIpc) is 3.36. The van der Waals surface area contributed by atoms with Crippen molar-refractivity contribution in [2.75, 3.05) is 10.6 Å². The summed E-state index contributed by atoms with van der Waals surface area (Å²) >= 11 is 0. The van der Waals surface area contributed by atoms with Crippen molar-refractivity contribution in [1.29, 1.82) is 0 Å². The van der Waals surface area contributed by atoms with Gasteiger partial charge >= 0.3 is 0 Å². The maximum atomic E-state index is 14.2. The van der Waals surface area contributed by atoms with Crippen molar-refractivity contribution in [3.63, 3.8) is 0 Å². The number of aromatic nitrogens is 3. The number of hydrogen-bond acceptors (Lipinski definition) is 5. The minimum Gasteiger partial charge on any atom is -0.469 e. The Kier molecular flexibility index (Phi) is 5.55. The van der Waals surface area contributed by atoms with Gasteiger partial charge in [-0.05, 0) is 57.2 Å². The fraction of sp³-hybridized carbons (Fsp3) is 0.130. The first-order valence-electron chi connectivity index (χ1n) is 9.79. The third kappa shape index (κ3) is 4.13. The van der Waals surface area contributed by atoms with Crippen molar-refractivity contribution < 1.29 is 18.4 Å². The Bertz CT molecular complexity index is 1310. The minimum atomic E-state index is -0.640. The van der Waals surface area contributed by atoms with Crippen molar-refractivity contribution >= 4 is 23.2 Å². The molecule has 0 radical (unpaired) electrons. The highest BCUT2D eigenvalue weighted by Crippen LogP contribution is 2.22. The molecule has 2 amide bonds. The smallest absolute Gasteiger partial charge is 0.278 e. The first kappa shape index (κ1) is 21.0. The number of amides is 2. The summed E-state index contributed by atoms with van der Waals surface area (Å²) in [6.45, 7) is 5.35. The average molecular weight is 433 g/mol. The summed E-state index contributed by atoms with van der Waals surface area (Å²) < 4.78 is 20.9. The van der Waals surface area contributed by atoms with E-state index < -0.39 is 17.6 Å². The highest BCUT2D eigenvalue weighted by atomic mass is 19.1. The second kappa shape index (κ2) is 8.46. The molecule has 162 valence electrons. The summed E-state index contributed by atoms with van der Waals surface area (Å²) in [5.74, 6) is -1.25. The molecule has 0 aliphatic carbocycles. The molecule has 32 heavy (non-hydrogen) atoms. The number of nitrogens with one attached hydrogen (secondary N) is 2. The SMILES string of the molecule is Cc1ccc(-n2nnc(C(=O)Nc3ccc(F)c(NC(=O)c4ccoc4C)c3)c2C)cc1. The lowest BCUT2D eigenvalue weighted by Crippen LogP contribution is -2.16. The quantitative estimate of drug-likeness (QED) is 0.485. The maximum absolute atomic E-state index is 14.2. The van der Waals surface area contributed by atoms with Crippen LogP contribution in [-0.4, -0.2) is 26.8 Å². The van der Waals surface area contributed by atoms with Crippen molar-refractivity contribution in [3.05, 3.63) is 88.9 Å². The molecule has 4 rings (SSSR count). The van der Waals surface area contributed by atoms with E-state index in [-0.39, 0.29) is 11.4 Å². The number of furan rings is 1. The third-order valence-electron chi connectivity index (χ3n) is 4.96. The number of aryl methyl sites for hydroxylation is 2. The Labute approximate surface area is 183 Å². The lowest BCUT2D eigenvalue weighted by atomic mass is 10.2. The minimum absolute atomic E-state index is 0.0755. The van der Waals surface area contributed by atoms with Gasteiger partial charge in [0.15, 0.2) is 5.69 Å². The van der Waals surface area contributed by atoms with Gasteiger partial charge in [0.25, 0.3) is 11.8 Å². The van der Waals surface area contributed by atoms with Gasteiger partial charge < -0.3 is 15.1 Å². The summed E-state index contributed by atoms with van der Waals surface area (Å²) in [5, 5.41) is 13.2. The zero-order valence-electron chi connectivity index (χ0n) is 17.6. The number of hydrogen-bond donors (Lipinski definition) is 2. The molecule has 2 aromatic heterocycles. The van der Waals surface area contributed by atoms with Gasteiger partial charge in [0.2, 0.25) is 0 Å². The molecule has 0 aliphatic heterocycles. The first-order chi connectivity index (χ1) is 15.3. The summed E-state index contributed by atoms with van der Waals surface area (Å²) in [7, 11) is 0. The first-order valence-corrected chi connectivity index (χ1v) is 9.79. The topological polar surface area (TPSA) is 102 Å². The van der Waals surface area contributed by atoms with E-state index in [9.17, 15) is 14.0 Å². The van der Waals surface area contributed by atoms with Crippen LogP contribution in [0.1, 0.15) is 37.9 Å². The maximum Gasteiger partial charge on any atom is 0.278 e. The highest BCUT2D eigenvalue weighted by molar-refractivity contribution is 6.06. The van der Waals surface area contributed by atoms with Crippen LogP contribution in [-0.2, 0) is 0 Å². The van der Waals surface area contributed by atoms with Gasteiger partial charge in [-0.25, -0.2) is 9.07 Å². The lowest BCUT2D eigenvalue weighted by molar-refractivity contribution is 0.101. The second-order valence-electron chi connectivity index (χ2n) is 7.26. The lowest BCUT2D eigenvalue weighted by Gasteiger charge is -2.09. The Morgan fingerprint density at radius 2 is 1.72 bits per heavy atom. The normalized spacial score (nSPS) is 10.8. The van der Waals surface area contributed by atoms with Crippen molar-refractivity contribution in [2.45, 2.75) is 20.8 Å². The summed E-state index contributed by atoms with van der Waals surface area (Å²) in [6, 6.07) is 13.0. The molecule has 0 bridgehead atoms. The molecule has 0 atom stereocenters. The monoisotopic (exact) mass is 433 g/mol. The van der Waals surface area contributed by atoms with Gasteiger partial charge in [0.05, 0.1) is 28.9 Å². The largest absolute Gasteiger partial charge is 0.469 e. The van der Waals surface area contributed by atoms with Gasteiger partial charge in [-0.1, -0.05) is 22.9 Å². The number of carbonyl (C=O) groups excluding carboxylic acids is 2. The molecule has 0 saturated heterocycles. The number of rotatable bonds is 5. The molecule has 2 aromatic carbocycles. The molecule has 2 N–H and O–H groups in total. The van der Waals surface area contributed by atoms with Gasteiger partial charge in [0.1, 0.15) is 11.6 Å².